The van der Waals surface area contributed by atoms with E-state index in [0.29, 0.717) is 0 Å². The number of imidazole rings is 1. The first-order chi connectivity index (χ1) is 10.8. The maximum absolute atomic E-state index is 6.17. The predicted octanol–water partition coefficient (Wildman–Crippen LogP) is 3.48. The molecule has 1 aliphatic heterocycles. The molecular formula is C17H17ClN4. The predicted molar refractivity (Wildman–Crippen MR) is 90.3 cm³/mol. The third kappa shape index (κ3) is 2.19. The van der Waals surface area contributed by atoms with Gasteiger partial charge in [-0.3, -0.25) is 4.40 Å². The van der Waals surface area contributed by atoms with Crippen molar-refractivity contribution in [3.05, 3.63) is 46.9 Å². The number of nitrogens with zero attached hydrogens (tertiary/aromatic N) is 3. The van der Waals surface area contributed by atoms with Crippen LogP contribution in [0.1, 0.15) is 24.7 Å². The van der Waals surface area contributed by atoms with Crippen LogP contribution in [0.4, 0.5) is 0 Å². The zero-order valence-corrected chi connectivity index (χ0v) is 13.2. The minimum atomic E-state index is 0.719. The van der Waals surface area contributed by atoms with E-state index in [-0.39, 0.29) is 0 Å². The summed E-state index contributed by atoms with van der Waals surface area (Å²) in [7, 11) is 0. The smallest absolute Gasteiger partial charge is 0.163 e. The number of nitrogens with one attached hydrogen (secondary N) is 1. The lowest BCUT2D eigenvalue weighted by Crippen LogP contribution is -2.20. The Morgan fingerprint density at radius 3 is 3.00 bits per heavy atom. The van der Waals surface area contributed by atoms with Crippen LogP contribution in [0.25, 0.3) is 22.3 Å². The molecule has 1 aromatic carbocycles. The molecule has 5 heteroatoms. The van der Waals surface area contributed by atoms with E-state index < -0.39 is 0 Å². The fraction of sp³-hybridized carbons (Fsp3) is 0.294. The zero-order chi connectivity index (χ0) is 15.1. The number of hydrogen-bond donors (Lipinski definition) is 1. The van der Waals surface area contributed by atoms with Gasteiger partial charge < -0.3 is 5.32 Å². The van der Waals surface area contributed by atoms with Crippen LogP contribution in [0.15, 0.2) is 30.5 Å². The molecule has 2 aromatic heterocycles. The summed E-state index contributed by atoms with van der Waals surface area (Å²) in [5, 5.41) is 4.06. The van der Waals surface area contributed by atoms with Gasteiger partial charge in [-0.2, -0.15) is 0 Å². The van der Waals surface area contributed by atoms with Gasteiger partial charge in [-0.15, -0.1) is 0 Å². The standard InChI is InChI=1S/C17H17ClN4/c1-2-13-10-22-15-9-12(18)3-4-14(15)21-16(17(22)20-13)11-5-7-19-8-6-11/h3-5,9-10,19H,2,6-8H2,1H3. The second kappa shape index (κ2) is 5.38. The third-order valence-corrected chi connectivity index (χ3v) is 4.36. The van der Waals surface area contributed by atoms with Gasteiger partial charge in [-0.05, 0) is 43.2 Å². The summed E-state index contributed by atoms with van der Waals surface area (Å²) in [6.45, 7) is 4.00. The van der Waals surface area contributed by atoms with Crippen molar-refractivity contribution < 1.29 is 0 Å². The molecule has 4 rings (SSSR count). The van der Waals surface area contributed by atoms with Crippen molar-refractivity contribution in [1.82, 2.24) is 19.7 Å². The van der Waals surface area contributed by atoms with Gasteiger partial charge in [0.1, 0.15) is 5.69 Å². The molecule has 0 saturated carbocycles. The number of rotatable bonds is 2. The molecule has 3 heterocycles. The number of benzene rings is 1. The Labute approximate surface area is 133 Å². The Balaban J connectivity index is 2.07. The second-order valence-electron chi connectivity index (χ2n) is 5.56. The van der Waals surface area contributed by atoms with Gasteiger partial charge in [-0.25, -0.2) is 9.97 Å². The lowest BCUT2D eigenvalue weighted by atomic mass is 10.1. The number of fused-ring (bicyclic) bond motifs is 3. The van der Waals surface area contributed by atoms with E-state index >= 15 is 0 Å². The quantitative estimate of drug-likeness (QED) is 0.788. The molecule has 0 saturated heterocycles. The second-order valence-corrected chi connectivity index (χ2v) is 5.99. The Hall–Kier alpha value is -1.91. The highest BCUT2D eigenvalue weighted by Gasteiger charge is 2.16. The molecule has 1 N–H and O–H groups in total. The van der Waals surface area contributed by atoms with Crippen molar-refractivity contribution in [1.29, 1.82) is 0 Å². The molecule has 0 amide bonds. The van der Waals surface area contributed by atoms with Crippen molar-refractivity contribution in [3.63, 3.8) is 0 Å². The topological polar surface area (TPSA) is 42.2 Å². The number of aromatic nitrogens is 3. The van der Waals surface area contributed by atoms with Crippen LogP contribution in [-0.2, 0) is 6.42 Å². The van der Waals surface area contributed by atoms with Crippen molar-refractivity contribution in [2.75, 3.05) is 13.1 Å². The summed E-state index contributed by atoms with van der Waals surface area (Å²) in [4.78, 5) is 9.66. The van der Waals surface area contributed by atoms with Crippen LogP contribution in [0.3, 0.4) is 0 Å². The van der Waals surface area contributed by atoms with Gasteiger partial charge in [0.05, 0.1) is 16.7 Å². The van der Waals surface area contributed by atoms with Crippen LogP contribution in [0.2, 0.25) is 5.02 Å². The Kier molecular flexibility index (Phi) is 3.36. The van der Waals surface area contributed by atoms with Gasteiger partial charge in [0.25, 0.3) is 0 Å². The molecule has 0 spiro atoms. The van der Waals surface area contributed by atoms with Gasteiger partial charge in [-0.1, -0.05) is 24.6 Å². The molecule has 22 heavy (non-hydrogen) atoms. The largest absolute Gasteiger partial charge is 0.313 e. The molecule has 112 valence electrons. The lowest BCUT2D eigenvalue weighted by molar-refractivity contribution is 0.737. The van der Waals surface area contributed by atoms with Gasteiger partial charge in [0.2, 0.25) is 0 Å². The number of halogens is 1. The molecule has 0 radical (unpaired) electrons. The minimum absolute atomic E-state index is 0.719. The van der Waals surface area contributed by atoms with E-state index in [1.165, 1.54) is 5.57 Å². The normalized spacial score (nSPS) is 15.5. The van der Waals surface area contributed by atoms with Crippen LogP contribution in [0.5, 0.6) is 0 Å². The van der Waals surface area contributed by atoms with Crippen LogP contribution >= 0.6 is 11.6 Å². The molecule has 0 bridgehead atoms. The van der Waals surface area contributed by atoms with Crippen molar-refractivity contribution in [2.24, 2.45) is 0 Å². The molecule has 0 fully saturated rings. The first-order valence-electron chi connectivity index (χ1n) is 7.63. The fourth-order valence-electron chi connectivity index (χ4n) is 2.96. The van der Waals surface area contributed by atoms with Gasteiger partial charge in [0.15, 0.2) is 5.65 Å². The van der Waals surface area contributed by atoms with E-state index in [1.807, 2.05) is 18.2 Å². The van der Waals surface area contributed by atoms with E-state index in [2.05, 4.69) is 28.9 Å². The summed E-state index contributed by atoms with van der Waals surface area (Å²) in [5.74, 6) is 0. The number of aryl methyl sites for hydroxylation is 1. The number of hydrogen-bond acceptors (Lipinski definition) is 3. The summed E-state index contributed by atoms with van der Waals surface area (Å²) in [6, 6.07) is 5.83. The average Bonchev–Trinajstić information content (AvgIpc) is 3.00. The van der Waals surface area contributed by atoms with E-state index in [4.69, 9.17) is 21.6 Å². The van der Waals surface area contributed by atoms with E-state index in [9.17, 15) is 0 Å². The van der Waals surface area contributed by atoms with Gasteiger partial charge >= 0.3 is 0 Å². The van der Waals surface area contributed by atoms with Crippen LogP contribution in [0, 0.1) is 0 Å². The van der Waals surface area contributed by atoms with Crippen molar-refractivity contribution in [3.8, 4) is 0 Å². The molecule has 0 atom stereocenters. The molecular weight excluding hydrogens is 296 g/mol. The Bertz CT molecular complexity index is 894. The summed E-state index contributed by atoms with van der Waals surface area (Å²) in [5.41, 5.74) is 6.23. The average molecular weight is 313 g/mol. The first kappa shape index (κ1) is 13.7. The summed E-state index contributed by atoms with van der Waals surface area (Å²) >= 11 is 6.17. The maximum atomic E-state index is 6.17. The van der Waals surface area contributed by atoms with Crippen LogP contribution < -0.4 is 5.32 Å². The third-order valence-electron chi connectivity index (χ3n) is 4.13. The van der Waals surface area contributed by atoms with Gasteiger partial charge in [0, 0.05) is 17.8 Å². The summed E-state index contributed by atoms with van der Waals surface area (Å²) in [6.07, 6.45) is 6.20. The highest BCUT2D eigenvalue weighted by molar-refractivity contribution is 6.31. The molecule has 1 aliphatic rings. The SMILES string of the molecule is CCc1cn2c(n1)c(C1=CCNCC1)nc1ccc(Cl)cc12. The van der Waals surface area contributed by atoms with Crippen LogP contribution in [-0.4, -0.2) is 27.5 Å². The first-order valence-corrected chi connectivity index (χ1v) is 8.01. The highest BCUT2D eigenvalue weighted by Crippen LogP contribution is 2.27. The van der Waals surface area contributed by atoms with Crippen molar-refractivity contribution in [2.45, 2.75) is 19.8 Å². The fourth-order valence-corrected chi connectivity index (χ4v) is 3.12. The Morgan fingerprint density at radius 1 is 1.32 bits per heavy atom. The summed E-state index contributed by atoms with van der Waals surface area (Å²) < 4.78 is 2.13. The minimum Gasteiger partial charge on any atom is -0.313 e. The van der Waals surface area contributed by atoms with E-state index in [0.717, 1.165) is 59.0 Å². The molecule has 4 nitrogen and oxygen atoms in total. The van der Waals surface area contributed by atoms with E-state index in [1.54, 1.807) is 0 Å². The lowest BCUT2D eigenvalue weighted by Gasteiger charge is -2.15. The molecule has 0 unspecified atom stereocenters. The Morgan fingerprint density at radius 2 is 2.23 bits per heavy atom. The van der Waals surface area contributed by atoms with Crippen molar-refractivity contribution >= 4 is 33.9 Å². The maximum Gasteiger partial charge on any atom is 0.163 e. The zero-order valence-electron chi connectivity index (χ0n) is 12.4. The highest BCUT2D eigenvalue weighted by atomic mass is 35.5. The molecule has 3 aromatic rings. The monoisotopic (exact) mass is 312 g/mol. The molecule has 0 aliphatic carbocycles.